The molecule has 15 nitrogen and oxygen atoms in total. The van der Waals surface area contributed by atoms with Crippen LogP contribution in [0.15, 0.2) is 24.3 Å². The molecule has 3 fully saturated rings. The van der Waals surface area contributed by atoms with Crippen molar-refractivity contribution < 1.29 is 67.6 Å². The number of carbonyl (C=O) groups excluding carboxylic acids is 2. The lowest BCUT2D eigenvalue weighted by molar-refractivity contribution is -0.318. The van der Waals surface area contributed by atoms with Crippen LogP contribution >= 0.6 is 0 Å². The molecule has 0 amide bonds. The number of hydrogen-bond donors (Lipinski definition) is 5. The summed E-state index contributed by atoms with van der Waals surface area (Å²) in [6.07, 6.45) is -9.06. The number of benzene rings is 1. The summed E-state index contributed by atoms with van der Waals surface area (Å²) >= 11 is 0. The highest BCUT2D eigenvalue weighted by Crippen LogP contribution is 2.40. The Balaban J connectivity index is 1.82. The molecule has 18 atom stereocenters. The van der Waals surface area contributed by atoms with Crippen LogP contribution in [0.2, 0.25) is 0 Å². The van der Waals surface area contributed by atoms with E-state index in [1.165, 1.54) is 26.2 Å². The quantitative estimate of drug-likeness (QED) is 0.226. The van der Waals surface area contributed by atoms with Crippen molar-refractivity contribution in [2.45, 2.75) is 185 Å². The van der Waals surface area contributed by atoms with Crippen LogP contribution in [0.1, 0.15) is 105 Å². The minimum atomic E-state index is -1.96. The molecule has 0 saturated carbocycles. The maximum Gasteiger partial charge on any atom is 0.338 e. The highest BCUT2D eigenvalue weighted by molar-refractivity contribution is 5.89. The van der Waals surface area contributed by atoms with E-state index in [-0.39, 0.29) is 49.4 Å². The van der Waals surface area contributed by atoms with Crippen LogP contribution < -0.4 is 5.32 Å². The normalized spacial score (nSPS) is 44.0. The van der Waals surface area contributed by atoms with E-state index in [2.05, 4.69) is 5.32 Å². The maximum atomic E-state index is 14.5. The Hall–Kier alpha value is -2.35. The zero-order chi connectivity index (χ0) is 45.1. The van der Waals surface area contributed by atoms with Gasteiger partial charge in [-0.25, -0.2) is 9.18 Å². The van der Waals surface area contributed by atoms with Gasteiger partial charge in [-0.1, -0.05) is 20.8 Å². The third-order valence-electron chi connectivity index (χ3n) is 13.0. The Morgan fingerprint density at radius 2 is 1.60 bits per heavy atom. The highest BCUT2D eigenvalue weighted by Gasteiger charge is 2.53. The van der Waals surface area contributed by atoms with Crippen molar-refractivity contribution >= 4 is 11.9 Å². The average molecular weight is 857 g/mol. The standard InChI is InChI=1S/C44H73FN2O13/c1-14-32-44(10,53)38(59-40(51)29-15-17-30(45)18-16-29)27(6)46-22-23(2)20-42(8,52)37(60-41-34(48)31(47(11)12)19-24(3)55-41)25(4)35(26(5)39(50)57-32)58-33-21-43(9,54-13)36(49)28(7)56-33/h15-18,23-28,31-38,41,46,48-49,52-53H,14,19-22H2,1-13H3/t23-,24-,25+,26-,27-,28+,31+,32-,33+,34-,35+,36+,37-,38-,41+,42+,43-,44-/m1/s1. The van der Waals surface area contributed by atoms with E-state index in [1.807, 2.05) is 32.8 Å². The van der Waals surface area contributed by atoms with E-state index >= 15 is 0 Å². The maximum absolute atomic E-state index is 14.5. The fourth-order valence-electron chi connectivity index (χ4n) is 9.34. The summed E-state index contributed by atoms with van der Waals surface area (Å²) in [5.74, 6) is -4.30. The lowest BCUT2D eigenvalue weighted by atomic mass is 9.77. The summed E-state index contributed by atoms with van der Waals surface area (Å²) in [5, 5.41) is 50.9. The van der Waals surface area contributed by atoms with Crippen LogP contribution in [0.5, 0.6) is 0 Å². The molecule has 3 heterocycles. The average Bonchev–Trinajstić information content (AvgIpc) is 3.17. The van der Waals surface area contributed by atoms with Crippen molar-refractivity contribution in [2.75, 3.05) is 27.7 Å². The third-order valence-corrected chi connectivity index (χ3v) is 13.0. The Morgan fingerprint density at radius 1 is 0.967 bits per heavy atom. The topological polar surface area (TPSA) is 195 Å². The van der Waals surface area contributed by atoms with Crippen LogP contribution in [0.3, 0.4) is 0 Å². The van der Waals surface area contributed by atoms with E-state index in [0.29, 0.717) is 6.42 Å². The Morgan fingerprint density at radius 3 is 2.18 bits per heavy atom. The number of hydrogen-bond acceptors (Lipinski definition) is 15. The molecule has 0 aliphatic carbocycles. The summed E-state index contributed by atoms with van der Waals surface area (Å²) in [4.78, 5) is 29.9. The van der Waals surface area contributed by atoms with Gasteiger partial charge in [-0.3, -0.25) is 4.79 Å². The molecule has 5 N–H and O–H groups in total. The largest absolute Gasteiger partial charge is 0.459 e. The minimum Gasteiger partial charge on any atom is -0.459 e. The van der Waals surface area contributed by atoms with Gasteiger partial charge in [0, 0.05) is 31.5 Å². The van der Waals surface area contributed by atoms with Gasteiger partial charge in [0.05, 0.1) is 47.1 Å². The molecule has 3 aliphatic rings. The van der Waals surface area contributed by atoms with Gasteiger partial charge in [-0.05, 0) is 119 Å². The van der Waals surface area contributed by atoms with Crippen LogP contribution in [0, 0.1) is 23.6 Å². The van der Waals surface area contributed by atoms with Crippen molar-refractivity contribution in [1.82, 2.24) is 10.2 Å². The summed E-state index contributed by atoms with van der Waals surface area (Å²) in [6, 6.07) is 3.80. The van der Waals surface area contributed by atoms with Crippen LogP contribution in [-0.2, 0) is 38.0 Å². The summed E-state index contributed by atoms with van der Waals surface area (Å²) in [5.41, 5.74) is -4.61. The second-order valence-electron chi connectivity index (χ2n) is 18.6. The number of nitrogens with zero attached hydrogens (tertiary/aromatic N) is 1. The van der Waals surface area contributed by atoms with Gasteiger partial charge in [0.2, 0.25) is 0 Å². The Bertz CT molecular complexity index is 1550. The summed E-state index contributed by atoms with van der Waals surface area (Å²) in [6.45, 7) is 17.5. The van der Waals surface area contributed by atoms with E-state index in [4.69, 9.17) is 33.2 Å². The van der Waals surface area contributed by atoms with Crippen molar-refractivity contribution in [1.29, 1.82) is 0 Å². The molecule has 0 aromatic heterocycles. The van der Waals surface area contributed by atoms with Crippen molar-refractivity contribution in [3.63, 3.8) is 0 Å². The fraction of sp³-hybridized carbons (Fsp3) is 0.818. The van der Waals surface area contributed by atoms with Gasteiger partial charge in [0.1, 0.15) is 35.8 Å². The SMILES string of the molecule is CC[C@H]1OC(=O)[C@H](C)[C@@H](O[C@H]2C[C@@](C)(OC)[C@@H](O)[C@H](C)O2)[C@H](C)[C@@H](O[C@@H]2O[C@H](C)C[C@H](N(C)C)[C@H]2O)[C@@](C)(O)C[C@@H](C)CN[C@H](C)[C@@H](OC(=O)c2ccc(F)cc2)[C@]1(C)O. The summed E-state index contributed by atoms with van der Waals surface area (Å²) in [7, 11) is 5.22. The molecule has 16 heteroatoms. The number of esters is 2. The highest BCUT2D eigenvalue weighted by atomic mass is 19.1. The molecule has 1 aromatic carbocycles. The molecular weight excluding hydrogens is 783 g/mol. The zero-order valence-electron chi connectivity index (χ0n) is 37.8. The first-order valence-corrected chi connectivity index (χ1v) is 21.4. The Kier molecular flexibility index (Phi) is 17.1. The van der Waals surface area contributed by atoms with Gasteiger partial charge in [-0.15, -0.1) is 0 Å². The number of likely N-dealkylation sites (N-methyl/N-ethyl adjacent to an activating group) is 1. The van der Waals surface area contributed by atoms with E-state index in [0.717, 1.165) is 12.1 Å². The first-order valence-electron chi connectivity index (χ1n) is 21.4. The number of carbonyl (C=O) groups is 2. The van der Waals surface area contributed by atoms with Crippen LogP contribution in [-0.4, -0.2) is 155 Å². The number of cyclic esters (lactones) is 1. The second kappa shape index (κ2) is 20.4. The molecular formula is C44H73FN2O13. The predicted octanol–water partition coefficient (Wildman–Crippen LogP) is 3.56. The van der Waals surface area contributed by atoms with Gasteiger partial charge >= 0.3 is 11.9 Å². The van der Waals surface area contributed by atoms with Crippen LogP contribution in [0.4, 0.5) is 4.39 Å². The number of nitrogens with one attached hydrogen (secondary N) is 1. The Labute approximate surface area is 355 Å². The number of aliphatic hydroxyl groups is 4. The van der Waals surface area contributed by atoms with E-state index < -0.39 is 108 Å². The first-order chi connectivity index (χ1) is 27.9. The fourth-order valence-corrected chi connectivity index (χ4v) is 9.34. The van der Waals surface area contributed by atoms with Gasteiger partial charge < -0.3 is 63.8 Å². The molecule has 0 spiro atoms. The van der Waals surface area contributed by atoms with Gasteiger partial charge in [0.25, 0.3) is 0 Å². The van der Waals surface area contributed by atoms with E-state index in [9.17, 15) is 34.4 Å². The third kappa shape index (κ3) is 11.6. The molecule has 0 unspecified atom stereocenters. The zero-order valence-corrected chi connectivity index (χ0v) is 37.8. The van der Waals surface area contributed by atoms with Gasteiger partial charge in [0.15, 0.2) is 12.6 Å². The number of methoxy groups -OCH3 is 1. The lowest BCUT2D eigenvalue weighted by Crippen LogP contribution is -2.60. The molecule has 60 heavy (non-hydrogen) atoms. The van der Waals surface area contributed by atoms with Crippen LogP contribution in [0.25, 0.3) is 0 Å². The predicted molar refractivity (Wildman–Crippen MR) is 219 cm³/mol. The number of rotatable bonds is 9. The molecule has 1 aromatic rings. The second-order valence-corrected chi connectivity index (χ2v) is 18.6. The molecule has 344 valence electrons. The number of aliphatic hydroxyl groups excluding tert-OH is 2. The molecule has 0 bridgehead atoms. The van der Waals surface area contributed by atoms with Crippen molar-refractivity contribution in [3.8, 4) is 0 Å². The lowest BCUT2D eigenvalue weighted by Gasteiger charge is -2.48. The minimum absolute atomic E-state index is 0.0630. The number of ether oxygens (including phenoxy) is 7. The first kappa shape index (κ1) is 50.3. The van der Waals surface area contributed by atoms with Crippen molar-refractivity contribution in [3.05, 3.63) is 35.6 Å². The van der Waals surface area contributed by atoms with E-state index in [1.54, 1.807) is 48.5 Å². The molecule has 0 radical (unpaired) electrons. The summed E-state index contributed by atoms with van der Waals surface area (Å²) < 4.78 is 57.5. The molecule has 3 saturated heterocycles. The van der Waals surface area contributed by atoms with Crippen molar-refractivity contribution in [2.24, 2.45) is 17.8 Å². The monoisotopic (exact) mass is 857 g/mol. The molecule has 4 rings (SSSR count). The number of halogens is 1. The molecule has 3 aliphatic heterocycles. The van der Waals surface area contributed by atoms with Gasteiger partial charge in [-0.2, -0.15) is 0 Å². The smallest absolute Gasteiger partial charge is 0.338 e.